The molecule has 1 aromatic carbocycles. The normalized spacial score (nSPS) is 32.0. The summed E-state index contributed by atoms with van der Waals surface area (Å²) in [6, 6.07) is 5.79. The zero-order valence-electron chi connectivity index (χ0n) is 17.9. The molecule has 1 N–H and O–H groups in total. The maximum Gasteiger partial charge on any atom is 0.228 e. The molecule has 0 aromatic heterocycles. The van der Waals surface area contributed by atoms with E-state index in [2.05, 4.69) is 5.32 Å². The predicted octanol–water partition coefficient (Wildman–Crippen LogP) is 3.14. The van der Waals surface area contributed by atoms with E-state index >= 15 is 0 Å². The highest BCUT2D eigenvalue weighted by Crippen LogP contribution is 2.62. The Labute approximate surface area is 172 Å². The van der Waals surface area contributed by atoms with Gasteiger partial charge >= 0.3 is 0 Å². The quantitative estimate of drug-likeness (QED) is 0.797. The van der Waals surface area contributed by atoms with Crippen molar-refractivity contribution < 1.29 is 19.1 Å². The van der Waals surface area contributed by atoms with Gasteiger partial charge in [-0.3, -0.25) is 9.59 Å². The van der Waals surface area contributed by atoms with Crippen LogP contribution in [0.1, 0.15) is 51.0 Å². The molecule has 2 unspecified atom stereocenters. The number of hydrogen-bond donors (Lipinski definition) is 1. The fourth-order valence-corrected chi connectivity index (χ4v) is 6.76. The van der Waals surface area contributed by atoms with Crippen molar-refractivity contribution in [1.29, 1.82) is 0 Å². The number of hydrogen-bond acceptors (Lipinski definition) is 4. The molecule has 4 fully saturated rings. The van der Waals surface area contributed by atoms with Crippen molar-refractivity contribution in [2.45, 2.75) is 57.5 Å². The second-order valence-corrected chi connectivity index (χ2v) is 9.55. The van der Waals surface area contributed by atoms with Gasteiger partial charge in [0, 0.05) is 26.1 Å². The van der Waals surface area contributed by atoms with Crippen LogP contribution in [0.3, 0.4) is 0 Å². The molecule has 5 rings (SSSR count). The lowest BCUT2D eigenvalue weighted by atomic mass is 9.46. The van der Waals surface area contributed by atoms with Crippen LogP contribution < -0.4 is 14.8 Å². The number of methoxy groups -OCH3 is 2. The summed E-state index contributed by atoms with van der Waals surface area (Å²) < 4.78 is 10.7. The van der Waals surface area contributed by atoms with E-state index in [0.29, 0.717) is 29.9 Å². The number of carbonyl (C=O) groups excluding carboxylic acids is 2. The first-order valence-electron chi connectivity index (χ1n) is 10.5. The Balaban J connectivity index is 1.53. The van der Waals surface area contributed by atoms with E-state index in [4.69, 9.17) is 9.47 Å². The molecule has 4 bridgehead atoms. The Morgan fingerprint density at radius 1 is 1.10 bits per heavy atom. The van der Waals surface area contributed by atoms with E-state index in [1.54, 1.807) is 21.1 Å². The Morgan fingerprint density at radius 3 is 2.34 bits per heavy atom. The second kappa shape index (κ2) is 7.22. The molecule has 4 atom stereocenters. The van der Waals surface area contributed by atoms with Crippen molar-refractivity contribution in [3.05, 3.63) is 23.8 Å². The van der Waals surface area contributed by atoms with Gasteiger partial charge in [-0.25, -0.2) is 0 Å². The lowest BCUT2D eigenvalue weighted by Crippen LogP contribution is -2.65. The van der Waals surface area contributed by atoms with Crippen LogP contribution in [0.25, 0.3) is 0 Å². The summed E-state index contributed by atoms with van der Waals surface area (Å²) in [7, 11) is 5.13. The van der Waals surface area contributed by atoms with Gasteiger partial charge in [-0.1, -0.05) is 6.07 Å². The smallest absolute Gasteiger partial charge is 0.228 e. The molecule has 0 heterocycles. The molecule has 0 radical (unpaired) electrons. The molecule has 0 saturated heterocycles. The van der Waals surface area contributed by atoms with Crippen LogP contribution in [0.15, 0.2) is 18.2 Å². The first-order chi connectivity index (χ1) is 13.8. The summed E-state index contributed by atoms with van der Waals surface area (Å²) >= 11 is 0. The Bertz CT molecular complexity index is 807. The first kappa shape index (κ1) is 20.0. The molecule has 29 heavy (non-hydrogen) atoms. The monoisotopic (exact) mass is 400 g/mol. The number of benzene rings is 1. The minimum Gasteiger partial charge on any atom is -0.493 e. The third kappa shape index (κ3) is 3.58. The lowest BCUT2D eigenvalue weighted by Gasteiger charge is -2.61. The van der Waals surface area contributed by atoms with Crippen LogP contribution >= 0.6 is 0 Å². The molecular formula is C23H32N2O4. The minimum atomic E-state index is -0.335. The van der Waals surface area contributed by atoms with E-state index in [9.17, 15) is 9.59 Å². The molecule has 0 aliphatic heterocycles. The van der Waals surface area contributed by atoms with Crippen LogP contribution in [0.5, 0.6) is 11.5 Å². The van der Waals surface area contributed by atoms with Gasteiger partial charge in [-0.05, 0) is 68.1 Å². The van der Waals surface area contributed by atoms with Crippen molar-refractivity contribution in [2.75, 3.05) is 21.3 Å². The van der Waals surface area contributed by atoms with E-state index < -0.39 is 0 Å². The van der Waals surface area contributed by atoms with Crippen molar-refractivity contribution in [2.24, 2.45) is 17.3 Å². The van der Waals surface area contributed by atoms with Crippen molar-refractivity contribution >= 4 is 11.8 Å². The average Bonchev–Trinajstić information content (AvgIpc) is 2.65. The summed E-state index contributed by atoms with van der Waals surface area (Å²) in [5, 5.41) is 3.24. The van der Waals surface area contributed by atoms with Gasteiger partial charge in [-0.2, -0.15) is 0 Å². The molecule has 0 spiro atoms. The standard InChI is InChI=1S/C23H32N2O4/c1-15(26)24-23-11-17-7-18(12-23)10-22(9-17,14-23)21(27)25(2)13-16-5-6-19(28-3)20(8-16)29-4/h5-6,8,17-18H,7,9-14H2,1-4H3,(H,24,26)/t17-,18+,22?,23?. The van der Waals surface area contributed by atoms with E-state index in [0.717, 1.165) is 37.7 Å². The molecule has 158 valence electrons. The maximum atomic E-state index is 13.7. The summed E-state index contributed by atoms with van der Waals surface area (Å²) in [6.45, 7) is 2.12. The summed E-state index contributed by atoms with van der Waals surface area (Å²) in [5.74, 6) is 2.68. The number of rotatable bonds is 6. The van der Waals surface area contributed by atoms with Crippen LogP contribution in [0.2, 0.25) is 0 Å². The maximum absolute atomic E-state index is 13.7. The minimum absolute atomic E-state index is 0.0215. The number of nitrogens with zero attached hydrogens (tertiary/aromatic N) is 1. The highest BCUT2D eigenvalue weighted by Gasteiger charge is 2.61. The van der Waals surface area contributed by atoms with Gasteiger partial charge in [0.25, 0.3) is 0 Å². The largest absolute Gasteiger partial charge is 0.493 e. The van der Waals surface area contributed by atoms with Gasteiger partial charge in [0.15, 0.2) is 11.5 Å². The van der Waals surface area contributed by atoms with Crippen LogP contribution in [-0.2, 0) is 16.1 Å². The number of carbonyl (C=O) groups is 2. The Kier molecular flexibility index (Phi) is 4.99. The Morgan fingerprint density at radius 2 is 1.76 bits per heavy atom. The molecule has 2 amide bonds. The van der Waals surface area contributed by atoms with E-state index in [1.165, 1.54) is 6.42 Å². The molecular weight excluding hydrogens is 368 g/mol. The van der Waals surface area contributed by atoms with E-state index in [-0.39, 0.29) is 22.8 Å². The highest BCUT2D eigenvalue weighted by molar-refractivity contribution is 5.84. The molecule has 6 nitrogen and oxygen atoms in total. The van der Waals surface area contributed by atoms with Gasteiger partial charge < -0.3 is 19.7 Å². The van der Waals surface area contributed by atoms with Gasteiger partial charge in [0.05, 0.1) is 19.6 Å². The van der Waals surface area contributed by atoms with Crippen molar-refractivity contribution in [3.63, 3.8) is 0 Å². The van der Waals surface area contributed by atoms with E-state index in [1.807, 2.05) is 30.1 Å². The Hall–Kier alpha value is -2.24. The van der Waals surface area contributed by atoms with Gasteiger partial charge in [0.2, 0.25) is 11.8 Å². The summed E-state index contributed by atoms with van der Waals surface area (Å²) in [6.07, 6.45) is 5.95. The molecule has 4 aliphatic rings. The predicted molar refractivity (Wildman–Crippen MR) is 110 cm³/mol. The van der Waals surface area contributed by atoms with Crippen LogP contribution in [0.4, 0.5) is 0 Å². The number of nitrogens with one attached hydrogen (secondary N) is 1. The first-order valence-corrected chi connectivity index (χ1v) is 10.5. The van der Waals surface area contributed by atoms with Crippen molar-refractivity contribution in [3.8, 4) is 11.5 Å². The van der Waals surface area contributed by atoms with Gasteiger partial charge in [-0.15, -0.1) is 0 Å². The third-order valence-electron chi connectivity index (χ3n) is 7.17. The zero-order chi connectivity index (χ0) is 20.8. The molecule has 1 aromatic rings. The summed E-state index contributed by atoms with van der Waals surface area (Å²) in [4.78, 5) is 27.4. The van der Waals surface area contributed by atoms with Crippen molar-refractivity contribution in [1.82, 2.24) is 10.2 Å². The second-order valence-electron chi connectivity index (χ2n) is 9.55. The van der Waals surface area contributed by atoms with Crippen LogP contribution in [0, 0.1) is 17.3 Å². The topological polar surface area (TPSA) is 67.9 Å². The SMILES string of the molecule is COc1ccc(CN(C)C(=O)C23C[C@@H]4C[C@@H](CC(NC(C)=O)(C4)C2)C3)cc1OC. The molecule has 4 aliphatic carbocycles. The average molecular weight is 401 g/mol. The summed E-state index contributed by atoms with van der Waals surface area (Å²) in [5.41, 5.74) is 0.493. The number of amides is 2. The zero-order valence-corrected chi connectivity index (χ0v) is 17.9. The molecule has 6 heteroatoms. The van der Waals surface area contributed by atoms with Crippen LogP contribution in [-0.4, -0.2) is 43.5 Å². The highest BCUT2D eigenvalue weighted by atomic mass is 16.5. The molecule has 4 saturated carbocycles. The third-order valence-corrected chi connectivity index (χ3v) is 7.17. The fourth-order valence-electron chi connectivity index (χ4n) is 6.76. The number of ether oxygens (including phenoxy) is 2. The fraction of sp³-hybridized carbons (Fsp3) is 0.652. The lowest BCUT2D eigenvalue weighted by molar-refractivity contribution is -0.162. The van der Waals surface area contributed by atoms with Gasteiger partial charge in [0.1, 0.15) is 0 Å².